The van der Waals surface area contributed by atoms with Crippen LogP contribution in [0.15, 0.2) is 30.3 Å². The first-order chi connectivity index (χ1) is 12.1. The third-order valence-corrected chi connectivity index (χ3v) is 3.71. The highest BCUT2D eigenvalue weighted by Crippen LogP contribution is 2.12. The molecule has 134 valence electrons. The Morgan fingerprint density at radius 2 is 1.88 bits per heavy atom. The van der Waals surface area contributed by atoms with E-state index in [2.05, 4.69) is 25.9 Å². The third-order valence-electron chi connectivity index (χ3n) is 3.48. The Morgan fingerprint density at radius 3 is 2.60 bits per heavy atom. The van der Waals surface area contributed by atoms with Crippen molar-refractivity contribution in [2.45, 2.75) is 26.7 Å². The number of rotatable bonds is 9. The summed E-state index contributed by atoms with van der Waals surface area (Å²) in [6.45, 7) is 5.81. The van der Waals surface area contributed by atoms with Crippen LogP contribution in [0.1, 0.15) is 24.7 Å². The highest BCUT2D eigenvalue weighted by Gasteiger charge is 2.04. The minimum Gasteiger partial charge on any atom is -0.370 e. The van der Waals surface area contributed by atoms with Crippen LogP contribution in [0.3, 0.4) is 0 Å². The second kappa shape index (κ2) is 9.84. The first kappa shape index (κ1) is 19.0. The molecule has 0 bridgehead atoms. The van der Waals surface area contributed by atoms with Gasteiger partial charge in [0.2, 0.25) is 5.91 Å². The predicted octanol–water partition coefficient (Wildman–Crippen LogP) is 3.03. The zero-order valence-corrected chi connectivity index (χ0v) is 15.4. The van der Waals surface area contributed by atoms with E-state index in [4.69, 9.17) is 11.6 Å². The van der Waals surface area contributed by atoms with Crippen LogP contribution in [0, 0.1) is 6.92 Å². The third kappa shape index (κ3) is 6.97. The van der Waals surface area contributed by atoms with Crippen molar-refractivity contribution in [2.24, 2.45) is 0 Å². The van der Waals surface area contributed by atoms with Crippen molar-refractivity contribution in [3.8, 4) is 0 Å². The molecule has 0 aliphatic carbocycles. The molecule has 0 aliphatic rings. The molecule has 0 aliphatic heterocycles. The fourth-order valence-electron chi connectivity index (χ4n) is 2.36. The van der Waals surface area contributed by atoms with Crippen LogP contribution in [-0.2, 0) is 11.2 Å². The van der Waals surface area contributed by atoms with Gasteiger partial charge in [-0.15, -0.1) is 0 Å². The summed E-state index contributed by atoms with van der Waals surface area (Å²) in [5.74, 6) is 2.26. The SMILES string of the molecule is CCNc1cc(NCCNC(=O)CCc2cccc(Cl)c2)nc(C)n1. The van der Waals surface area contributed by atoms with Crippen LogP contribution in [0.2, 0.25) is 5.02 Å². The van der Waals surface area contributed by atoms with Gasteiger partial charge in [0.25, 0.3) is 0 Å². The van der Waals surface area contributed by atoms with Gasteiger partial charge in [-0.05, 0) is 38.0 Å². The number of benzene rings is 1. The minimum absolute atomic E-state index is 0.0222. The fourth-order valence-corrected chi connectivity index (χ4v) is 2.57. The van der Waals surface area contributed by atoms with Gasteiger partial charge in [-0.2, -0.15) is 0 Å². The molecule has 1 heterocycles. The standard InChI is InChI=1S/C18H24ClN5O/c1-3-20-16-12-17(24-13(2)23-16)21-9-10-22-18(25)8-7-14-5-4-6-15(19)11-14/h4-6,11-12H,3,7-10H2,1-2H3,(H,22,25)(H2,20,21,23,24). The lowest BCUT2D eigenvalue weighted by molar-refractivity contribution is -0.120. The first-order valence-corrected chi connectivity index (χ1v) is 8.79. The van der Waals surface area contributed by atoms with E-state index in [1.54, 1.807) is 0 Å². The molecule has 2 aromatic rings. The topological polar surface area (TPSA) is 78.9 Å². The average Bonchev–Trinajstić information content (AvgIpc) is 2.57. The molecule has 7 heteroatoms. The molecule has 3 N–H and O–H groups in total. The maximum atomic E-state index is 11.9. The number of nitrogens with zero attached hydrogens (tertiary/aromatic N) is 2. The summed E-state index contributed by atoms with van der Waals surface area (Å²) >= 11 is 5.94. The monoisotopic (exact) mass is 361 g/mol. The zero-order chi connectivity index (χ0) is 18.1. The number of amides is 1. The van der Waals surface area contributed by atoms with Gasteiger partial charge in [0.05, 0.1) is 0 Å². The van der Waals surface area contributed by atoms with Crippen molar-refractivity contribution in [3.05, 3.63) is 46.7 Å². The van der Waals surface area contributed by atoms with E-state index >= 15 is 0 Å². The van der Waals surface area contributed by atoms with E-state index in [0.717, 1.165) is 23.7 Å². The smallest absolute Gasteiger partial charge is 0.220 e. The summed E-state index contributed by atoms with van der Waals surface area (Å²) in [6, 6.07) is 9.44. The number of carbonyl (C=O) groups is 1. The number of nitrogens with one attached hydrogen (secondary N) is 3. The summed E-state index contributed by atoms with van der Waals surface area (Å²) < 4.78 is 0. The Kier molecular flexibility index (Phi) is 7.47. The summed E-state index contributed by atoms with van der Waals surface area (Å²) in [4.78, 5) is 20.5. The van der Waals surface area contributed by atoms with E-state index in [0.29, 0.717) is 36.8 Å². The van der Waals surface area contributed by atoms with E-state index in [9.17, 15) is 4.79 Å². The molecule has 0 fully saturated rings. The summed E-state index contributed by atoms with van der Waals surface area (Å²) in [5.41, 5.74) is 1.06. The molecule has 0 unspecified atom stereocenters. The first-order valence-electron chi connectivity index (χ1n) is 8.41. The van der Waals surface area contributed by atoms with Crippen LogP contribution in [0.5, 0.6) is 0 Å². The molecule has 0 saturated heterocycles. The number of carbonyl (C=O) groups excluding carboxylic acids is 1. The van der Waals surface area contributed by atoms with Crippen LogP contribution < -0.4 is 16.0 Å². The fraction of sp³-hybridized carbons (Fsp3) is 0.389. The second-order valence-electron chi connectivity index (χ2n) is 5.62. The quantitative estimate of drug-likeness (QED) is 0.598. The van der Waals surface area contributed by atoms with Crippen molar-refractivity contribution in [1.29, 1.82) is 0 Å². The molecule has 25 heavy (non-hydrogen) atoms. The van der Waals surface area contributed by atoms with Crippen LogP contribution in [-0.4, -0.2) is 35.5 Å². The van der Waals surface area contributed by atoms with Gasteiger partial charge in [0.15, 0.2) is 0 Å². The number of hydrogen-bond acceptors (Lipinski definition) is 5. The maximum Gasteiger partial charge on any atom is 0.220 e. The summed E-state index contributed by atoms with van der Waals surface area (Å²) in [6.07, 6.45) is 1.12. The van der Waals surface area contributed by atoms with Gasteiger partial charge in [-0.25, -0.2) is 9.97 Å². The Labute approximate surface area is 153 Å². The highest BCUT2D eigenvalue weighted by molar-refractivity contribution is 6.30. The van der Waals surface area contributed by atoms with Gasteiger partial charge < -0.3 is 16.0 Å². The summed E-state index contributed by atoms with van der Waals surface area (Å²) in [7, 11) is 0. The normalized spacial score (nSPS) is 10.4. The lowest BCUT2D eigenvalue weighted by Crippen LogP contribution is -2.29. The van der Waals surface area contributed by atoms with Crippen molar-refractivity contribution in [3.63, 3.8) is 0 Å². The Bertz CT molecular complexity index is 708. The number of hydrogen-bond donors (Lipinski definition) is 3. The summed E-state index contributed by atoms with van der Waals surface area (Å²) in [5, 5.41) is 9.95. The Balaban J connectivity index is 1.69. The van der Waals surface area contributed by atoms with E-state index < -0.39 is 0 Å². The second-order valence-corrected chi connectivity index (χ2v) is 6.06. The lowest BCUT2D eigenvalue weighted by atomic mass is 10.1. The maximum absolute atomic E-state index is 11.9. The number of aromatic nitrogens is 2. The molecule has 6 nitrogen and oxygen atoms in total. The Morgan fingerprint density at radius 1 is 1.12 bits per heavy atom. The highest BCUT2D eigenvalue weighted by atomic mass is 35.5. The molecule has 2 rings (SSSR count). The molecule has 0 spiro atoms. The molecule has 0 radical (unpaired) electrons. The van der Waals surface area contributed by atoms with Gasteiger partial charge in [0.1, 0.15) is 17.5 Å². The Hall–Kier alpha value is -2.34. The van der Waals surface area contributed by atoms with Crippen LogP contribution in [0.4, 0.5) is 11.6 Å². The lowest BCUT2D eigenvalue weighted by Gasteiger charge is -2.10. The van der Waals surface area contributed by atoms with Gasteiger partial charge >= 0.3 is 0 Å². The van der Waals surface area contributed by atoms with Gasteiger partial charge in [0, 0.05) is 37.1 Å². The van der Waals surface area contributed by atoms with E-state index in [1.807, 2.05) is 44.2 Å². The molecule has 1 aromatic carbocycles. The number of aryl methyl sites for hydroxylation is 2. The van der Waals surface area contributed by atoms with Crippen LogP contribution >= 0.6 is 11.6 Å². The average molecular weight is 362 g/mol. The number of halogens is 1. The molecule has 1 amide bonds. The minimum atomic E-state index is 0.0222. The van der Waals surface area contributed by atoms with Crippen molar-refractivity contribution < 1.29 is 4.79 Å². The number of anilines is 2. The zero-order valence-electron chi connectivity index (χ0n) is 14.6. The van der Waals surface area contributed by atoms with Gasteiger partial charge in [-0.3, -0.25) is 4.79 Å². The van der Waals surface area contributed by atoms with Gasteiger partial charge in [-0.1, -0.05) is 23.7 Å². The molecule has 0 atom stereocenters. The van der Waals surface area contributed by atoms with Crippen LogP contribution in [0.25, 0.3) is 0 Å². The largest absolute Gasteiger partial charge is 0.370 e. The molecular formula is C18H24ClN5O. The molecular weight excluding hydrogens is 338 g/mol. The van der Waals surface area contributed by atoms with E-state index in [-0.39, 0.29) is 5.91 Å². The molecule has 1 aromatic heterocycles. The van der Waals surface area contributed by atoms with Crippen molar-refractivity contribution in [1.82, 2.24) is 15.3 Å². The van der Waals surface area contributed by atoms with Crippen molar-refractivity contribution in [2.75, 3.05) is 30.3 Å². The van der Waals surface area contributed by atoms with E-state index in [1.165, 1.54) is 0 Å². The predicted molar refractivity (Wildman–Crippen MR) is 102 cm³/mol. The van der Waals surface area contributed by atoms with Crippen molar-refractivity contribution >= 4 is 29.1 Å². The molecule has 0 saturated carbocycles.